The molecule has 4 N–H and O–H groups in total. The monoisotopic (exact) mass is 338 g/mol. The Bertz CT molecular complexity index is 498. The van der Waals surface area contributed by atoms with Crippen molar-refractivity contribution >= 4 is 5.97 Å². The minimum absolute atomic E-state index is 0.0796. The van der Waals surface area contributed by atoms with E-state index in [0.717, 1.165) is 12.8 Å². The van der Waals surface area contributed by atoms with Crippen molar-refractivity contribution in [1.29, 1.82) is 0 Å². The van der Waals surface area contributed by atoms with Gasteiger partial charge in [-0.3, -0.25) is 4.79 Å². The third kappa shape index (κ3) is 4.91. The Morgan fingerprint density at radius 2 is 2.00 bits per heavy atom. The standard InChI is InChI=1S/C19H30O5/c1-11-7-13-4-3-12(2)16(19(13)17(22)8-11)6-5-14(20)9-15(21)10-18(23)24/h3-4,7,11-12,14-17,19-22H,5-6,8-10H2,1-2H3,(H,23,24)/t11-,12-,14+,15+,16-,17-,19-/m1/s1. The summed E-state index contributed by atoms with van der Waals surface area (Å²) in [5.41, 5.74) is 1.20. The summed E-state index contributed by atoms with van der Waals surface area (Å²) in [6.07, 6.45) is 6.20. The summed E-state index contributed by atoms with van der Waals surface area (Å²) in [6, 6.07) is 0. The van der Waals surface area contributed by atoms with E-state index in [2.05, 4.69) is 32.1 Å². The van der Waals surface area contributed by atoms with Gasteiger partial charge in [0.1, 0.15) is 0 Å². The largest absolute Gasteiger partial charge is 0.481 e. The first kappa shape index (κ1) is 19.2. The Morgan fingerprint density at radius 1 is 1.29 bits per heavy atom. The number of hydrogen-bond acceptors (Lipinski definition) is 4. The molecule has 0 aromatic carbocycles. The Morgan fingerprint density at radius 3 is 2.67 bits per heavy atom. The summed E-state index contributed by atoms with van der Waals surface area (Å²) in [6.45, 7) is 4.25. The third-order valence-electron chi connectivity index (χ3n) is 5.41. The van der Waals surface area contributed by atoms with Gasteiger partial charge in [-0.25, -0.2) is 0 Å². The average molecular weight is 338 g/mol. The van der Waals surface area contributed by atoms with E-state index in [9.17, 15) is 20.1 Å². The molecule has 0 radical (unpaired) electrons. The summed E-state index contributed by atoms with van der Waals surface area (Å²) in [5, 5.41) is 38.9. The zero-order chi connectivity index (χ0) is 17.9. The fourth-order valence-electron chi connectivity index (χ4n) is 4.23. The summed E-state index contributed by atoms with van der Waals surface area (Å²) in [7, 11) is 0. The van der Waals surface area contributed by atoms with Gasteiger partial charge in [-0.15, -0.1) is 0 Å². The lowest BCUT2D eigenvalue weighted by Gasteiger charge is -2.41. The molecule has 136 valence electrons. The molecule has 0 saturated heterocycles. The zero-order valence-electron chi connectivity index (χ0n) is 14.5. The van der Waals surface area contributed by atoms with Gasteiger partial charge in [-0.05, 0) is 49.0 Å². The van der Waals surface area contributed by atoms with Gasteiger partial charge in [0.25, 0.3) is 0 Å². The molecule has 0 aromatic rings. The van der Waals surface area contributed by atoms with Crippen LogP contribution in [0, 0.1) is 23.7 Å². The van der Waals surface area contributed by atoms with Gasteiger partial charge in [-0.2, -0.15) is 0 Å². The van der Waals surface area contributed by atoms with Crippen LogP contribution in [0.4, 0.5) is 0 Å². The molecule has 0 amide bonds. The van der Waals surface area contributed by atoms with Crippen LogP contribution >= 0.6 is 0 Å². The Kier molecular flexibility index (Phi) is 6.61. The van der Waals surface area contributed by atoms with Crippen molar-refractivity contribution in [3.05, 3.63) is 23.8 Å². The Labute approximate surface area is 143 Å². The SMILES string of the molecule is C[C@@H]1C=C2C=C[C@@H](C)[C@@H](CC[C@H](O)C[C@H](O)CC(=O)O)[C@@H]2[C@H](O)C1. The fraction of sp³-hybridized carbons (Fsp3) is 0.737. The second kappa shape index (κ2) is 8.28. The predicted octanol–water partition coefficient (Wildman–Crippen LogP) is 2.12. The number of allylic oxidation sites excluding steroid dienone is 3. The second-order valence-corrected chi connectivity index (χ2v) is 7.57. The van der Waals surface area contributed by atoms with Crippen molar-refractivity contribution < 1.29 is 25.2 Å². The maximum atomic E-state index is 10.6. The highest BCUT2D eigenvalue weighted by molar-refractivity contribution is 5.67. The van der Waals surface area contributed by atoms with E-state index in [1.807, 2.05) is 0 Å². The van der Waals surface area contributed by atoms with E-state index in [1.165, 1.54) is 5.57 Å². The van der Waals surface area contributed by atoms with Crippen LogP contribution in [0.3, 0.4) is 0 Å². The van der Waals surface area contributed by atoms with E-state index in [1.54, 1.807) is 0 Å². The first-order valence-electron chi connectivity index (χ1n) is 8.93. The number of hydrogen-bond donors (Lipinski definition) is 4. The van der Waals surface area contributed by atoms with E-state index in [-0.39, 0.29) is 30.8 Å². The first-order valence-corrected chi connectivity index (χ1v) is 8.93. The number of carbonyl (C=O) groups is 1. The van der Waals surface area contributed by atoms with E-state index in [4.69, 9.17) is 5.11 Å². The maximum absolute atomic E-state index is 10.6. The molecule has 2 rings (SSSR count). The van der Waals surface area contributed by atoms with Crippen molar-refractivity contribution in [1.82, 2.24) is 0 Å². The number of aliphatic hydroxyl groups excluding tert-OH is 3. The van der Waals surface area contributed by atoms with Gasteiger partial charge in [0, 0.05) is 5.92 Å². The van der Waals surface area contributed by atoms with Crippen molar-refractivity contribution in [2.75, 3.05) is 0 Å². The Hall–Kier alpha value is -1.17. The zero-order valence-corrected chi connectivity index (χ0v) is 14.5. The number of fused-ring (bicyclic) bond motifs is 1. The predicted molar refractivity (Wildman–Crippen MR) is 91.3 cm³/mol. The number of rotatable bonds is 7. The first-order chi connectivity index (χ1) is 11.3. The lowest BCUT2D eigenvalue weighted by molar-refractivity contribution is -0.139. The fourth-order valence-corrected chi connectivity index (χ4v) is 4.23. The summed E-state index contributed by atoms with van der Waals surface area (Å²) < 4.78 is 0. The van der Waals surface area contributed by atoms with Crippen LogP contribution < -0.4 is 0 Å². The lowest BCUT2D eigenvalue weighted by atomic mass is 9.65. The quantitative estimate of drug-likeness (QED) is 0.570. The molecule has 0 saturated carbocycles. The van der Waals surface area contributed by atoms with Gasteiger partial charge < -0.3 is 20.4 Å². The molecule has 2 aliphatic carbocycles. The highest BCUT2D eigenvalue weighted by atomic mass is 16.4. The van der Waals surface area contributed by atoms with Gasteiger partial charge >= 0.3 is 5.97 Å². The number of carboxylic acid groups (broad SMARTS) is 1. The van der Waals surface area contributed by atoms with Crippen LogP contribution in [0.5, 0.6) is 0 Å². The van der Waals surface area contributed by atoms with Gasteiger partial charge in [0.05, 0.1) is 24.7 Å². The molecule has 0 spiro atoms. The molecular weight excluding hydrogens is 308 g/mol. The summed E-state index contributed by atoms with van der Waals surface area (Å²) >= 11 is 0. The highest BCUT2D eigenvalue weighted by Crippen LogP contribution is 2.43. The molecule has 0 heterocycles. The summed E-state index contributed by atoms with van der Waals surface area (Å²) in [4.78, 5) is 10.6. The second-order valence-electron chi connectivity index (χ2n) is 7.57. The molecule has 0 unspecified atom stereocenters. The molecule has 0 fully saturated rings. The van der Waals surface area contributed by atoms with Gasteiger partial charge in [0.2, 0.25) is 0 Å². The molecule has 5 heteroatoms. The Balaban J connectivity index is 1.94. The molecule has 24 heavy (non-hydrogen) atoms. The summed E-state index contributed by atoms with van der Waals surface area (Å²) in [5.74, 6) is 0.00962. The third-order valence-corrected chi connectivity index (χ3v) is 5.41. The minimum Gasteiger partial charge on any atom is -0.481 e. The molecule has 0 aromatic heterocycles. The van der Waals surface area contributed by atoms with E-state index in [0.29, 0.717) is 18.3 Å². The van der Waals surface area contributed by atoms with E-state index < -0.39 is 18.2 Å². The van der Waals surface area contributed by atoms with Crippen LogP contribution in [0.25, 0.3) is 0 Å². The van der Waals surface area contributed by atoms with Gasteiger partial charge in [0.15, 0.2) is 0 Å². The highest BCUT2D eigenvalue weighted by Gasteiger charge is 2.38. The number of aliphatic carboxylic acids is 1. The normalized spacial score (nSPS) is 35.0. The van der Waals surface area contributed by atoms with Crippen LogP contribution in [0.1, 0.15) is 46.0 Å². The lowest BCUT2D eigenvalue weighted by Crippen LogP contribution is -2.38. The smallest absolute Gasteiger partial charge is 0.305 e. The van der Waals surface area contributed by atoms with Crippen LogP contribution in [-0.4, -0.2) is 44.7 Å². The number of carboxylic acids is 1. The molecule has 0 aliphatic heterocycles. The van der Waals surface area contributed by atoms with Crippen LogP contribution in [0.2, 0.25) is 0 Å². The van der Waals surface area contributed by atoms with E-state index >= 15 is 0 Å². The van der Waals surface area contributed by atoms with Crippen molar-refractivity contribution in [3.63, 3.8) is 0 Å². The number of aliphatic hydroxyl groups is 3. The molecule has 7 atom stereocenters. The van der Waals surface area contributed by atoms with Gasteiger partial charge in [-0.1, -0.05) is 32.1 Å². The molecule has 0 bridgehead atoms. The minimum atomic E-state index is -1.06. The average Bonchev–Trinajstić information content (AvgIpc) is 2.45. The molecular formula is C19H30O5. The topological polar surface area (TPSA) is 98.0 Å². The maximum Gasteiger partial charge on any atom is 0.305 e. The van der Waals surface area contributed by atoms with Crippen LogP contribution in [0.15, 0.2) is 23.8 Å². The van der Waals surface area contributed by atoms with Crippen molar-refractivity contribution in [2.24, 2.45) is 23.7 Å². The molecule has 5 nitrogen and oxygen atoms in total. The van der Waals surface area contributed by atoms with Crippen molar-refractivity contribution in [3.8, 4) is 0 Å². The molecule has 2 aliphatic rings. The van der Waals surface area contributed by atoms with Crippen LogP contribution in [-0.2, 0) is 4.79 Å². The van der Waals surface area contributed by atoms with Crippen molar-refractivity contribution in [2.45, 2.75) is 64.3 Å².